The van der Waals surface area contributed by atoms with Crippen molar-refractivity contribution in [1.82, 2.24) is 23.1 Å². The summed E-state index contributed by atoms with van der Waals surface area (Å²) in [6, 6.07) is 0. The molecule has 0 unspecified atom stereocenters. The van der Waals surface area contributed by atoms with Crippen LogP contribution in [-0.4, -0.2) is 34.2 Å². The minimum atomic E-state index is -1.01. The average Bonchev–Trinajstić information content (AvgIpc) is 3.02. The zero-order valence-corrected chi connectivity index (χ0v) is 13.6. The van der Waals surface area contributed by atoms with Gasteiger partial charge in [-0.25, -0.2) is 4.79 Å². The highest BCUT2D eigenvalue weighted by Gasteiger charge is 2.20. The Hall–Kier alpha value is -3.10. The maximum absolute atomic E-state index is 12.8. The summed E-state index contributed by atoms with van der Waals surface area (Å²) in [6.45, 7) is 3.44. The topological polar surface area (TPSA) is 104 Å². The van der Waals surface area contributed by atoms with E-state index < -0.39 is 17.2 Å². The van der Waals surface area contributed by atoms with Crippen molar-refractivity contribution < 1.29 is 9.90 Å². The van der Waals surface area contributed by atoms with Gasteiger partial charge in [0.2, 0.25) is 5.78 Å². The average molecular weight is 331 g/mol. The summed E-state index contributed by atoms with van der Waals surface area (Å²) >= 11 is 0. The fourth-order valence-electron chi connectivity index (χ4n) is 2.76. The third-order valence-corrected chi connectivity index (χ3v) is 3.96. The Labute approximate surface area is 135 Å². The number of carboxylic acids is 1. The van der Waals surface area contributed by atoms with Gasteiger partial charge in [-0.15, -0.1) is 0 Å². The predicted octanol–water partition coefficient (Wildman–Crippen LogP) is 0.119. The molecule has 3 aromatic rings. The second kappa shape index (κ2) is 5.52. The smallest absolute Gasteiger partial charge is 0.332 e. The van der Waals surface area contributed by atoms with Gasteiger partial charge in [-0.05, 0) is 13.8 Å². The fraction of sp³-hybridized carbons (Fsp3) is 0.333. The number of rotatable bonds is 4. The molecule has 126 valence electrons. The number of allylic oxidation sites excluding steroid dienone is 2. The Balaban J connectivity index is 2.43. The molecule has 0 saturated heterocycles. The first-order valence-corrected chi connectivity index (χ1v) is 7.37. The lowest BCUT2D eigenvalue weighted by Gasteiger charge is -2.05. The molecular formula is C15H17N5O4. The number of hydrogen-bond donors (Lipinski definition) is 1. The van der Waals surface area contributed by atoms with Crippen molar-refractivity contribution >= 4 is 22.9 Å². The lowest BCUT2D eigenvalue weighted by Crippen LogP contribution is -2.39. The van der Waals surface area contributed by atoms with E-state index in [2.05, 4.69) is 4.98 Å². The van der Waals surface area contributed by atoms with Gasteiger partial charge in [-0.2, -0.15) is 4.98 Å². The number of carbonyl (C=O) groups is 1. The first-order valence-electron chi connectivity index (χ1n) is 7.37. The molecule has 9 heteroatoms. The predicted molar refractivity (Wildman–Crippen MR) is 87.4 cm³/mol. The van der Waals surface area contributed by atoms with E-state index in [0.717, 1.165) is 4.57 Å². The highest BCUT2D eigenvalue weighted by Crippen LogP contribution is 2.15. The van der Waals surface area contributed by atoms with Crippen molar-refractivity contribution in [1.29, 1.82) is 0 Å². The van der Waals surface area contributed by atoms with Crippen LogP contribution in [0.1, 0.15) is 12.6 Å². The molecule has 0 spiro atoms. The lowest BCUT2D eigenvalue weighted by atomic mass is 10.4. The molecule has 0 aliphatic carbocycles. The number of aliphatic carboxylic acids is 1. The molecule has 3 heterocycles. The van der Waals surface area contributed by atoms with Crippen molar-refractivity contribution in [3.63, 3.8) is 0 Å². The Morgan fingerprint density at radius 1 is 1.33 bits per heavy atom. The molecule has 0 atom stereocenters. The first-order chi connectivity index (χ1) is 11.4. The number of aryl methyl sites for hydroxylation is 2. The zero-order chi connectivity index (χ0) is 17.6. The molecular weight excluding hydrogens is 314 g/mol. The molecule has 3 aromatic heterocycles. The van der Waals surface area contributed by atoms with Crippen LogP contribution < -0.4 is 11.2 Å². The molecule has 0 radical (unpaired) electrons. The van der Waals surface area contributed by atoms with Crippen LogP contribution in [-0.2, 0) is 24.9 Å². The molecule has 9 nitrogen and oxygen atoms in total. The lowest BCUT2D eigenvalue weighted by molar-refractivity contribution is -0.137. The van der Waals surface area contributed by atoms with E-state index >= 15 is 0 Å². The van der Waals surface area contributed by atoms with Gasteiger partial charge in [-0.1, -0.05) is 12.2 Å². The Bertz CT molecular complexity index is 1110. The maximum Gasteiger partial charge on any atom is 0.332 e. The number of nitrogens with zero attached hydrogens (tertiary/aromatic N) is 5. The summed E-state index contributed by atoms with van der Waals surface area (Å²) < 4.78 is 5.46. The van der Waals surface area contributed by atoms with Gasteiger partial charge >= 0.3 is 11.7 Å². The number of carboxylic acid groups (broad SMARTS) is 1. The largest absolute Gasteiger partial charge is 0.480 e. The first kappa shape index (κ1) is 15.8. The van der Waals surface area contributed by atoms with Gasteiger partial charge < -0.3 is 9.67 Å². The van der Waals surface area contributed by atoms with Gasteiger partial charge in [0.25, 0.3) is 5.56 Å². The van der Waals surface area contributed by atoms with E-state index in [1.54, 1.807) is 36.6 Å². The second-order valence-electron chi connectivity index (χ2n) is 5.53. The molecule has 3 rings (SSSR count). The van der Waals surface area contributed by atoms with E-state index in [9.17, 15) is 14.4 Å². The third kappa shape index (κ3) is 2.16. The molecule has 0 fully saturated rings. The standard InChI is InChI=1S/C15H17N5O4/c1-4-5-6-18-13(23)11-12(17(3)15(18)24)16-14-19(8-10(21)22)9(2)7-20(11)14/h4-5,7H,6,8H2,1-3H3,(H,21,22). The number of aromatic nitrogens is 5. The summed E-state index contributed by atoms with van der Waals surface area (Å²) in [7, 11) is 1.54. The summed E-state index contributed by atoms with van der Waals surface area (Å²) in [5.74, 6) is -0.691. The molecule has 0 aliphatic heterocycles. The van der Waals surface area contributed by atoms with E-state index in [0.29, 0.717) is 11.5 Å². The summed E-state index contributed by atoms with van der Waals surface area (Å²) in [6.07, 6.45) is 5.13. The number of fused-ring (bicyclic) bond motifs is 3. The van der Waals surface area contributed by atoms with Crippen LogP contribution in [0.4, 0.5) is 0 Å². The van der Waals surface area contributed by atoms with Gasteiger partial charge in [0.05, 0.1) is 0 Å². The van der Waals surface area contributed by atoms with Crippen molar-refractivity contribution in [2.45, 2.75) is 26.9 Å². The van der Waals surface area contributed by atoms with Crippen LogP contribution in [0.3, 0.4) is 0 Å². The van der Waals surface area contributed by atoms with Crippen molar-refractivity contribution in [3.8, 4) is 0 Å². The van der Waals surface area contributed by atoms with Crippen molar-refractivity contribution in [2.75, 3.05) is 0 Å². The van der Waals surface area contributed by atoms with Crippen LogP contribution in [0.5, 0.6) is 0 Å². The van der Waals surface area contributed by atoms with E-state index in [-0.39, 0.29) is 24.3 Å². The Morgan fingerprint density at radius 2 is 2.04 bits per heavy atom. The minimum Gasteiger partial charge on any atom is -0.480 e. The van der Waals surface area contributed by atoms with Gasteiger partial charge in [0.15, 0.2) is 11.2 Å². The fourth-order valence-corrected chi connectivity index (χ4v) is 2.76. The third-order valence-electron chi connectivity index (χ3n) is 3.96. The quantitative estimate of drug-likeness (QED) is 0.684. The Kier molecular flexibility index (Phi) is 3.63. The summed E-state index contributed by atoms with van der Waals surface area (Å²) in [5.41, 5.74) is 0.230. The second-order valence-corrected chi connectivity index (χ2v) is 5.53. The van der Waals surface area contributed by atoms with Crippen LogP contribution in [0.25, 0.3) is 16.9 Å². The molecule has 0 bridgehead atoms. The van der Waals surface area contributed by atoms with Gasteiger partial charge in [-0.3, -0.25) is 23.1 Å². The van der Waals surface area contributed by atoms with E-state index in [1.807, 2.05) is 0 Å². The molecule has 0 saturated carbocycles. The SMILES string of the molecule is CC=CCn1c(=O)c2c(nc3n(CC(=O)O)c(C)cn23)n(C)c1=O. The Morgan fingerprint density at radius 3 is 2.67 bits per heavy atom. The van der Waals surface area contributed by atoms with E-state index in [1.165, 1.54) is 16.2 Å². The highest BCUT2D eigenvalue weighted by molar-refractivity contribution is 5.76. The number of imidazole rings is 2. The van der Waals surface area contributed by atoms with Crippen LogP contribution in [0.2, 0.25) is 0 Å². The molecule has 1 N–H and O–H groups in total. The van der Waals surface area contributed by atoms with E-state index in [4.69, 9.17) is 5.11 Å². The molecule has 0 amide bonds. The van der Waals surface area contributed by atoms with Crippen LogP contribution in [0.15, 0.2) is 27.9 Å². The minimum absolute atomic E-state index is 0.167. The van der Waals surface area contributed by atoms with Crippen molar-refractivity contribution in [3.05, 3.63) is 44.9 Å². The van der Waals surface area contributed by atoms with Gasteiger partial charge in [0.1, 0.15) is 6.54 Å². The molecule has 0 aliphatic rings. The monoisotopic (exact) mass is 331 g/mol. The highest BCUT2D eigenvalue weighted by atomic mass is 16.4. The maximum atomic E-state index is 12.8. The normalized spacial score (nSPS) is 12.0. The zero-order valence-electron chi connectivity index (χ0n) is 13.6. The van der Waals surface area contributed by atoms with Crippen molar-refractivity contribution in [2.24, 2.45) is 7.05 Å². The van der Waals surface area contributed by atoms with Crippen LogP contribution in [0, 0.1) is 6.92 Å². The van der Waals surface area contributed by atoms with Gasteiger partial charge in [0, 0.05) is 25.5 Å². The van der Waals surface area contributed by atoms with Crippen LogP contribution >= 0.6 is 0 Å². The molecule has 0 aromatic carbocycles. The molecule has 24 heavy (non-hydrogen) atoms. The summed E-state index contributed by atoms with van der Waals surface area (Å²) in [4.78, 5) is 40.5. The number of hydrogen-bond acceptors (Lipinski definition) is 4. The summed E-state index contributed by atoms with van der Waals surface area (Å²) in [5, 5.41) is 9.05.